The second-order valence-electron chi connectivity index (χ2n) is 2.95. The van der Waals surface area contributed by atoms with Gasteiger partial charge < -0.3 is 4.74 Å². The van der Waals surface area contributed by atoms with Gasteiger partial charge in [-0.1, -0.05) is 0 Å². The van der Waals surface area contributed by atoms with Crippen LogP contribution in [-0.2, 0) is 19.1 Å². The van der Waals surface area contributed by atoms with Crippen molar-refractivity contribution in [2.24, 2.45) is 17.8 Å². The lowest BCUT2D eigenvalue weighted by atomic mass is 10.3. The third kappa shape index (κ3) is 0.704. The molecule has 5 nitrogen and oxygen atoms in total. The molecule has 2 unspecified atom stereocenters. The van der Waals surface area contributed by atoms with Crippen LogP contribution < -0.4 is 5.32 Å². The molecule has 1 saturated carbocycles. The summed E-state index contributed by atoms with van der Waals surface area (Å²) in [6.45, 7) is 0. The number of fused-ring (bicyclic) bond motifs is 1. The molecule has 0 spiro atoms. The molecule has 64 valence electrons. The fraction of sp³-hybridized carbons (Fsp3) is 0.571. The monoisotopic (exact) mass is 169 g/mol. The number of piperidine rings is 1. The van der Waals surface area contributed by atoms with Gasteiger partial charge >= 0.3 is 5.97 Å². The zero-order chi connectivity index (χ0) is 8.88. The number of hydrogen-bond acceptors (Lipinski definition) is 4. The van der Waals surface area contributed by atoms with E-state index in [0.717, 1.165) is 0 Å². The van der Waals surface area contributed by atoms with Crippen molar-refractivity contribution < 1.29 is 19.1 Å². The molecule has 1 aliphatic carbocycles. The number of imide groups is 1. The van der Waals surface area contributed by atoms with Gasteiger partial charge in [-0.15, -0.1) is 0 Å². The zero-order valence-electron chi connectivity index (χ0n) is 6.37. The summed E-state index contributed by atoms with van der Waals surface area (Å²) in [6.07, 6.45) is 0. The summed E-state index contributed by atoms with van der Waals surface area (Å²) in [5.41, 5.74) is 0. The number of carbonyl (C=O) groups excluding carboxylic acids is 3. The van der Waals surface area contributed by atoms with Crippen molar-refractivity contribution in [3.05, 3.63) is 0 Å². The van der Waals surface area contributed by atoms with Crippen LogP contribution in [0.5, 0.6) is 0 Å². The molecule has 1 N–H and O–H groups in total. The fourth-order valence-electron chi connectivity index (χ4n) is 1.68. The lowest BCUT2D eigenvalue weighted by Crippen LogP contribution is -2.29. The molecule has 0 aromatic rings. The van der Waals surface area contributed by atoms with E-state index in [9.17, 15) is 14.4 Å². The van der Waals surface area contributed by atoms with Crippen molar-refractivity contribution in [3.63, 3.8) is 0 Å². The second-order valence-corrected chi connectivity index (χ2v) is 2.95. The van der Waals surface area contributed by atoms with Gasteiger partial charge in [0, 0.05) is 0 Å². The normalized spacial score (nSPS) is 37.2. The minimum absolute atomic E-state index is 0.347. The minimum atomic E-state index is -0.517. The molecular weight excluding hydrogens is 162 g/mol. The van der Waals surface area contributed by atoms with Crippen molar-refractivity contribution in [2.45, 2.75) is 0 Å². The van der Waals surface area contributed by atoms with E-state index < -0.39 is 23.7 Å². The average molecular weight is 169 g/mol. The number of amides is 2. The molecular formula is C7H7NO4. The molecule has 1 aliphatic heterocycles. The maximum Gasteiger partial charge on any atom is 0.310 e. The van der Waals surface area contributed by atoms with Crippen LogP contribution >= 0.6 is 0 Å². The SMILES string of the molecule is COC(=O)C1C2C(=O)NC(=O)C21. The summed E-state index contributed by atoms with van der Waals surface area (Å²) >= 11 is 0. The summed E-state index contributed by atoms with van der Waals surface area (Å²) in [5, 5.41) is 2.14. The lowest BCUT2D eigenvalue weighted by Gasteiger charge is -2.00. The first-order valence-electron chi connectivity index (χ1n) is 3.59. The van der Waals surface area contributed by atoms with Crippen molar-refractivity contribution in [1.29, 1.82) is 0 Å². The number of methoxy groups -OCH3 is 1. The Kier molecular flexibility index (Phi) is 1.25. The van der Waals surface area contributed by atoms with Gasteiger partial charge in [0.05, 0.1) is 24.9 Å². The predicted molar refractivity (Wildman–Crippen MR) is 35.6 cm³/mol. The highest BCUT2D eigenvalue weighted by atomic mass is 16.5. The number of rotatable bonds is 1. The quantitative estimate of drug-likeness (QED) is 0.390. The average Bonchev–Trinajstić information content (AvgIpc) is 2.70. The first kappa shape index (κ1) is 7.27. The predicted octanol–water partition coefficient (Wildman–Crippen LogP) is -1.32. The zero-order valence-corrected chi connectivity index (χ0v) is 6.37. The summed E-state index contributed by atoms with van der Waals surface area (Å²) < 4.78 is 4.44. The van der Waals surface area contributed by atoms with E-state index in [2.05, 4.69) is 10.1 Å². The Labute approximate surface area is 68.1 Å². The van der Waals surface area contributed by atoms with Crippen molar-refractivity contribution >= 4 is 17.8 Å². The van der Waals surface area contributed by atoms with Gasteiger partial charge in [-0.2, -0.15) is 0 Å². The van der Waals surface area contributed by atoms with Gasteiger partial charge in [0.15, 0.2) is 0 Å². The highest BCUT2D eigenvalue weighted by Gasteiger charge is 2.68. The molecule has 5 heteroatoms. The highest BCUT2D eigenvalue weighted by Crippen LogP contribution is 2.50. The Morgan fingerprint density at radius 2 is 1.83 bits per heavy atom. The van der Waals surface area contributed by atoms with E-state index in [1.54, 1.807) is 0 Å². The van der Waals surface area contributed by atoms with Crippen molar-refractivity contribution in [3.8, 4) is 0 Å². The van der Waals surface area contributed by atoms with Gasteiger partial charge in [-0.3, -0.25) is 19.7 Å². The lowest BCUT2D eigenvalue weighted by molar-refractivity contribution is -0.145. The molecule has 0 aromatic carbocycles. The Hall–Kier alpha value is -1.39. The van der Waals surface area contributed by atoms with Crippen LogP contribution in [0.1, 0.15) is 0 Å². The van der Waals surface area contributed by atoms with Gasteiger partial charge in [0.2, 0.25) is 11.8 Å². The Bertz CT molecular complexity index is 265. The number of carbonyl (C=O) groups is 3. The van der Waals surface area contributed by atoms with Crippen molar-refractivity contribution in [2.75, 3.05) is 7.11 Å². The Morgan fingerprint density at radius 3 is 2.25 bits per heavy atom. The van der Waals surface area contributed by atoms with Gasteiger partial charge in [0.1, 0.15) is 0 Å². The summed E-state index contributed by atoms with van der Waals surface area (Å²) in [7, 11) is 1.25. The van der Waals surface area contributed by atoms with E-state index in [-0.39, 0.29) is 11.8 Å². The fourth-order valence-corrected chi connectivity index (χ4v) is 1.68. The van der Waals surface area contributed by atoms with Gasteiger partial charge in [-0.05, 0) is 0 Å². The molecule has 2 fully saturated rings. The van der Waals surface area contributed by atoms with Crippen LogP contribution in [0.3, 0.4) is 0 Å². The standard InChI is InChI=1S/C7H7NO4/c1-12-7(11)4-2-3(4)6(10)8-5(2)9/h2-4H,1H3,(H,8,9,10). The van der Waals surface area contributed by atoms with Crippen molar-refractivity contribution in [1.82, 2.24) is 5.32 Å². The Balaban J connectivity index is 2.14. The van der Waals surface area contributed by atoms with Crippen LogP contribution in [-0.4, -0.2) is 24.9 Å². The van der Waals surface area contributed by atoms with Crippen LogP contribution in [0, 0.1) is 17.8 Å². The highest BCUT2D eigenvalue weighted by molar-refractivity contribution is 6.13. The minimum Gasteiger partial charge on any atom is -0.469 e. The van der Waals surface area contributed by atoms with Gasteiger partial charge in [-0.25, -0.2) is 0 Å². The second kappa shape index (κ2) is 2.06. The van der Waals surface area contributed by atoms with E-state index in [1.165, 1.54) is 7.11 Å². The smallest absolute Gasteiger partial charge is 0.310 e. The van der Waals surface area contributed by atoms with E-state index in [0.29, 0.717) is 0 Å². The third-order valence-corrected chi connectivity index (χ3v) is 2.35. The van der Waals surface area contributed by atoms with Crippen LogP contribution in [0.15, 0.2) is 0 Å². The molecule has 2 rings (SSSR count). The number of nitrogens with one attached hydrogen (secondary N) is 1. The first-order chi connectivity index (χ1) is 5.66. The third-order valence-electron chi connectivity index (χ3n) is 2.35. The molecule has 0 radical (unpaired) electrons. The Morgan fingerprint density at radius 1 is 1.33 bits per heavy atom. The maximum atomic E-state index is 10.9. The molecule has 2 amide bonds. The molecule has 1 heterocycles. The van der Waals surface area contributed by atoms with E-state index >= 15 is 0 Å². The summed E-state index contributed by atoms with van der Waals surface area (Å²) in [6, 6.07) is 0. The largest absolute Gasteiger partial charge is 0.469 e. The molecule has 2 aliphatic rings. The van der Waals surface area contributed by atoms with E-state index in [1.807, 2.05) is 0 Å². The summed E-state index contributed by atoms with van der Waals surface area (Å²) in [5.74, 6) is -2.58. The molecule has 12 heavy (non-hydrogen) atoms. The van der Waals surface area contributed by atoms with Gasteiger partial charge in [0.25, 0.3) is 0 Å². The molecule has 1 saturated heterocycles. The molecule has 0 aromatic heterocycles. The number of esters is 1. The summed E-state index contributed by atoms with van der Waals surface area (Å²) in [4.78, 5) is 32.8. The number of ether oxygens (including phenoxy) is 1. The van der Waals surface area contributed by atoms with Crippen LogP contribution in [0.4, 0.5) is 0 Å². The molecule has 2 atom stereocenters. The topological polar surface area (TPSA) is 72.5 Å². The first-order valence-corrected chi connectivity index (χ1v) is 3.59. The number of hydrogen-bond donors (Lipinski definition) is 1. The maximum absolute atomic E-state index is 10.9. The van der Waals surface area contributed by atoms with Crippen LogP contribution in [0.25, 0.3) is 0 Å². The van der Waals surface area contributed by atoms with E-state index in [4.69, 9.17) is 0 Å². The van der Waals surface area contributed by atoms with Crippen LogP contribution in [0.2, 0.25) is 0 Å². The molecule has 0 bridgehead atoms.